The average Bonchev–Trinajstić information content (AvgIpc) is 2.57. The Morgan fingerprint density at radius 1 is 0.700 bits per heavy atom. The van der Waals surface area contributed by atoms with Gasteiger partial charge in [0, 0.05) is 0 Å². The van der Waals surface area contributed by atoms with E-state index in [2.05, 4.69) is 9.47 Å². The van der Waals surface area contributed by atoms with Crippen LogP contribution in [0.25, 0.3) is 0 Å². The molecule has 1 saturated carbocycles. The summed E-state index contributed by atoms with van der Waals surface area (Å²) in [7, 11) is -13.6. The summed E-state index contributed by atoms with van der Waals surface area (Å²) in [4.78, 5) is 37.1. The Bertz CT molecular complexity index is 628. The van der Waals surface area contributed by atoms with Gasteiger partial charge in [-0.05, 0) is 37.5 Å². The van der Waals surface area contributed by atoms with Crippen molar-refractivity contribution in [3.8, 4) is 0 Å². The van der Waals surface area contributed by atoms with Crippen LogP contribution in [-0.4, -0.2) is 46.5 Å². The predicted octanol–water partition coefficient (Wildman–Crippen LogP) is 2.29. The highest BCUT2D eigenvalue weighted by atomic mass is 31.2. The molecular formula is C12H16F8O8P2-2. The summed E-state index contributed by atoms with van der Waals surface area (Å²) in [6.07, 6.45) is -11.6. The number of alkyl halides is 8. The molecule has 0 aromatic rings. The van der Waals surface area contributed by atoms with Gasteiger partial charge < -0.3 is 38.2 Å². The first kappa shape index (κ1) is 27.7. The molecule has 2 atom stereocenters. The van der Waals surface area contributed by atoms with Gasteiger partial charge in [0.15, 0.2) is 0 Å². The number of halogens is 8. The van der Waals surface area contributed by atoms with E-state index in [4.69, 9.17) is 9.79 Å². The Kier molecular flexibility index (Phi) is 8.21. The van der Waals surface area contributed by atoms with E-state index in [-0.39, 0.29) is 25.7 Å². The van der Waals surface area contributed by atoms with Crippen molar-refractivity contribution >= 4 is 15.2 Å². The van der Waals surface area contributed by atoms with E-state index in [0.29, 0.717) is 0 Å². The second-order valence-electron chi connectivity index (χ2n) is 6.67. The highest BCUT2D eigenvalue weighted by Crippen LogP contribution is 2.58. The van der Waals surface area contributed by atoms with Crippen molar-refractivity contribution in [2.75, 3.05) is 13.2 Å². The van der Waals surface area contributed by atoms with Crippen molar-refractivity contribution in [3.63, 3.8) is 0 Å². The maximum absolute atomic E-state index is 13.2. The minimum Gasteiger partial charge on any atom is -0.774 e. The standard InChI is InChI=1S/C12H18F8O8P2/c13-9(14,11(17,18)29(21,22)23)27-5-7-1-2-8(4-3-7)6-28-10(15,16)12(19,20)30(24,25)26/h7-8H,1-6H2,(H2,21,22,23)(H2,24,25,26)/p-2. The van der Waals surface area contributed by atoms with Crippen LogP contribution >= 0.6 is 15.2 Å². The Balaban J connectivity index is 2.55. The summed E-state index contributed by atoms with van der Waals surface area (Å²) in [6, 6.07) is 0. The van der Waals surface area contributed by atoms with Gasteiger partial charge in [0.1, 0.15) is 0 Å². The third kappa shape index (κ3) is 5.91. The molecule has 8 nitrogen and oxygen atoms in total. The van der Waals surface area contributed by atoms with Crippen LogP contribution in [0.5, 0.6) is 0 Å². The molecule has 0 bridgehead atoms. The average molecular weight is 502 g/mol. The van der Waals surface area contributed by atoms with Crippen molar-refractivity contribution in [2.45, 2.75) is 49.2 Å². The molecule has 30 heavy (non-hydrogen) atoms. The number of rotatable bonds is 10. The van der Waals surface area contributed by atoms with E-state index in [1.54, 1.807) is 0 Å². The highest BCUT2D eigenvalue weighted by molar-refractivity contribution is 7.52. The first-order chi connectivity index (χ1) is 13.2. The zero-order chi connectivity index (χ0) is 23.8. The summed E-state index contributed by atoms with van der Waals surface area (Å²) in [6.45, 7) is -2.18. The van der Waals surface area contributed by atoms with Gasteiger partial charge in [-0.25, -0.2) is 0 Å². The van der Waals surface area contributed by atoms with Gasteiger partial charge in [-0.2, -0.15) is 35.1 Å². The molecule has 0 aliphatic heterocycles. The van der Waals surface area contributed by atoms with Gasteiger partial charge in [0.25, 0.3) is 0 Å². The van der Waals surface area contributed by atoms with E-state index in [9.17, 15) is 54.0 Å². The molecule has 2 unspecified atom stereocenters. The lowest BCUT2D eigenvalue weighted by Gasteiger charge is -2.35. The fraction of sp³-hybridized carbons (Fsp3) is 1.00. The zero-order valence-electron chi connectivity index (χ0n) is 14.7. The first-order valence-corrected chi connectivity index (χ1v) is 11.2. The van der Waals surface area contributed by atoms with E-state index in [1.165, 1.54) is 0 Å². The summed E-state index contributed by atoms with van der Waals surface area (Å²) < 4.78 is 133. The van der Waals surface area contributed by atoms with Crippen molar-refractivity contribution in [2.24, 2.45) is 11.8 Å². The molecule has 1 aliphatic rings. The summed E-state index contributed by atoms with van der Waals surface area (Å²) in [5, 5.41) is 0. The summed E-state index contributed by atoms with van der Waals surface area (Å²) >= 11 is 0. The molecule has 0 saturated heterocycles. The fourth-order valence-corrected chi connectivity index (χ4v) is 3.30. The Labute approximate surface area is 163 Å². The molecule has 0 aromatic carbocycles. The first-order valence-electron chi connectivity index (χ1n) is 8.02. The Morgan fingerprint density at radius 3 is 1.13 bits per heavy atom. The van der Waals surface area contributed by atoms with Crippen LogP contribution in [0, 0.1) is 11.8 Å². The Morgan fingerprint density at radius 2 is 0.933 bits per heavy atom. The SMILES string of the molecule is O=P([O-])(O)C(F)(F)C(F)(F)OCC1CCC(COC(F)(F)C(F)(F)P(=O)([O-])O)CC1. The minimum atomic E-state index is -6.79. The van der Waals surface area contributed by atoms with Gasteiger partial charge in [-0.15, -0.1) is 0 Å². The van der Waals surface area contributed by atoms with Gasteiger partial charge in [-0.3, -0.25) is 0 Å². The lowest BCUT2D eigenvalue weighted by atomic mass is 9.83. The molecule has 1 aliphatic carbocycles. The van der Waals surface area contributed by atoms with Crippen LogP contribution in [0.3, 0.4) is 0 Å². The molecular weight excluding hydrogens is 486 g/mol. The molecule has 0 amide bonds. The number of ether oxygens (including phenoxy) is 2. The van der Waals surface area contributed by atoms with Crippen molar-refractivity contribution in [3.05, 3.63) is 0 Å². The predicted molar refractivity (Wildman–Crippen MR) is 76.8 cm³/mol. The lowest BCUT2D eigenvalue weighted by molar-refractivity contribution is -0.344. The van der Waals surface area contributed by atoms with Gasteiger partial charge in [0.05, 0.1) is 13.2 Å². The molecule has 0 heterocycles. The lowest BCUT2D eigenvalue weighted by Crippen LogP contribution is -2.46. The van der Waals surface area contributed by atoms with Crippen LogP contribution in [0.2, 0.25) is 0 Å². The largest absolute Gasteiger partial charge is 0.774 e. The van der Waals surface area contributed by atoms with Crippen LogP contribution in [0.15, 0.2) is 0 Å². The van der Waals surface area contributed by atoms with E-state index < -0.39 is 63.8 Å². The fourth-order valence-electron chi connectivity index (χ4n) is 2.51. The quantitative estimate of drug-likeness (QED) is 0.343. The Hall–Kier alpha value is -0.340. The molecule has 0 radical (unpaired) electrons. The van der Waals surface area contributed by atoms with Crippen molar-refractivity contribution < 1.29 is 73.3 Å². The number of hydrogen-bond donors (Lipinski definition) is 2. The second-order valence-corrected chi connectivity index (χ2v) is 9.87. The second kappa shape index (κ2) is 8.89. The van der Waals surface area contributed by atoms with E-state index in [1.807, 2.05) is 0 Å². The smallest absolute Gasteiger partial charge is 0.427 e. The minimum absolute atomic E-state index is 0.119. The van der Waals surface area contributed by atoms with Crippen molar-refractivity contribution in [1.29, 1.82) is 0 Å². The van der Waals surface area contributed by atoms with Gasteiger partial charge >= 0.3 is 23.5 Å². The van der Waals surface area contributed by atoms with E-state index in [0.717, 1.165) is 0 Å². The third-order valence-electron chi connectivity index (χ3n) is 4.38. The number of hydrogen-bond acceptors (Lipinski definition) is 6. The van der Waals surface area contributed by atoms with Crippen molar-refractivity contribution in [1.82, 2.24) is 0 Å². The summed E-state index contributed by atoms with van der Waals surface area (Å²) in [5.74, 6) is -1.73. The molecule has 18 heteroatoms. The van der Waals surface area contributed by atoms with Crippen LogP contribution in [0.4, 0.5) is 35.1 Å². The van der Waals surface area contributed by atoms with Crippen LogP contribution in [0.1, 0.15) is 25.7 Å². The van der Waals surface area contributed by atoms with Crippen LogP contribution < -0.4 is 9.79 Å². The highest BCUT2D eigenvalue weighted by Gasteiger charge is 2.65. The third-order valence-corrected chi connectivity index (χ3v) is 6.32. The normalized spacial score (nSPS) is 26.1. The monoisotopic (exact) mass is 502 g/mol. The maximum atomic E-state index is 13.2. The van der Waals surface area contributed by atoms with Gasteiger partial charge in [0.2, 0.25) is 15.2 Å². The molecule has 1 fully saturated rings. The maximum Gasteiger partial charge on any atom is 0.427 e. The molecule has 0 aromatic heterocycles. The molecule has 1 rings (SSSR count). The zero-order valence-corrected chi connectivity index (χ0v) is 16.4. The summed E-state index contributed by atoms with van der Waals surface area (Å²) in [5.41, 5.74) is -11.8. The topological polar surface area (TPSA) is 139 Å². The van der Waals surface area contributed by atoms with E-state index >= 15 is 0 Å². The molecule has 180 valence electrons. The van der Waals surface area contributed by atoms with Crippen LogP contribution in [-0.2, 0) is 18.6 Å². The molecule has 2 N–H and O–H groups in total. The molecule has 0 spiro atoms. The van der Waals surface area contributed by atoms with Gasteiger partial charge in [-0.1, -0.05) is 0 Å².